The molecule has 1 saturated heterocycles. The number of carbonyl (C=O) groups excluding carboxylic acids is 1. The van der Waals surface area contributed by atoms with Crippen LogP contribution in [-0.2, 0) is 4.79 Å². The van der Waals surface area contributed by atoms with Gasteiger partial charge in [-0.3, -0.25) is 4.79 Å². The van der Waals surface area contributed by atoms with Gasteiger partial charge in [0.25, 0.3) is 5.89 Å². The molecule has 1 amide bonds. The number of hydrogen-bond acceptors (Lipinski definition) is 4. The molecule has 5 nitrogen and oxygen atoms in total. The predicted molar refractivity (Wildman–Crippen MR) is 85.6 cm³/mol. The minimum Gasteiger partial charge on any atom is -0.339 e. The fourth-order valence-corrected chi connectivity index (χ4v) is 3.79. The maximum atomic E-state index is 13.8. The van der Waals surface area contributed by atoms with Gasteiger partial charge >= 0.3 is 0 Å². The van der Waals surface area contributed by atoms with Gasteiger partial charge in [0.05, 0.1) is 5.56 Å². The van der Waals surface area contributed by atoms with Crippen LogP contribution in [0.2, 0.25) is 0 Å². The monoisotopic (exact) mass is 329 g/mol. The Morgan fingerprint density at radius 3 is 2.75 bits per heavy atom. The Kier molecular flexibility index (Phi) is 4.04. The lowest BCUT2D eigenvalue weighted by Gasteiger charge is -2.31. The molecule has 0 N–H and O–H groups in total. The molecule has 2 aromatic rings. The van der Waals surface area contributed by atoms with E-state index >= 15 is 0 Å². The van der Waals surface area contributed by atoms with E-state index in [2.05, 4.69) is 10.1 Å². The Balaban J connectivity index is 1.51. The van der Waals surface area contributed by atoms with Crippen molar-refractivity contribution in [2.45, 2.75) is 50.5 Å². The molecule has 1 aliphatic heterocycles. The second-order valence-corrected chi connectivity index (χ2v) is 6.68. The van der Waals surface area contributed by atoms with Crippen molar-refractivity contribution < 1.29 is 13.7 Å². The van der Waals surface area contributed by atoms with E-state index in [4.69, 9.17) is 4.52 Å². The second kappa shape index (κ2) is 6.34. The molecule has 126 valence electrons. The first kappa shape index (κ1) is 15.3. The van der Waals surface area contributed by atoms with E-state index in [0.29, 0.717) is 30.4 Å². The van der Waals surface area contributed by atoms with Crippen LogP contribution >= 0.6 is 0 Å². The van der Waals surface area contributed by atoms with Gasteiger partial charge in [-0.25, -0.2) is 4.39 Å². The van der Waals surface area contributed by atoms with E-state index in [-0.39, 0.29) is 23.5 Å². The highest BCUT2D eigenvalue weighted by Gasteiger charge is 2.37. The number of aromatic nitrogens is 2. The number of halogens is 1. The smallest absolute Gasteiger partial charge is 0.260 e. The first-order chi connectivity index (χ1) is 11.7. The molecule has 0 bridgehead atoms. The van der Waals surface area contributed by atoms with Crippen molar-refractivity contribution in [2.24, 2.45) is 0 Å². The molecule has 0 spiro atoms. The Bertz CT molecular complexity index is 739. The number of likely N-dealkylation sites (tertiary alicyclic amines) is 1. The van der Waals surface area contributed by atoms with Crippen molar-refractivity contribution in [3.63, 3.8) is 0 Å². The molecule has 2 fully saturated rings. The summed E-state index contributed by atoms with van der Waals surface area (Å²) in [6, 6.07) is 6.68. The van der Waals surface area contributed by atoms with Gasteiger partial charge < -0.3 is 9.42 Å². The van der Waals surface area contributed by atoms with Crippen LogP contribution in [0.25, 0.3) is 11.5 Å². The zero-order valence-corrected chi connectivity index (χ0v) is 13.4. The summed E-state index contributed by atoms with van der Waals surface area (Å²) in [6.45, 7) is 0.639. The highest BCUT2D eigenvalue weighted by atomic mass is 19.1. The molecule has 2 heterocycles. The molecule has 1 aromatic heterocycles. The highest BCUT2D eigenvalue weighted by molar-refractivity contribution is 5.80. The zero-order chi connectivity index (χ0) is 16.5. The normalized spacial score (nSPS) is 22.3. The summed E-state index contributed by atoms with van der Waals surface area (Å²) in [7, 11) is 0. The molecule has 0 radical (unpaired) electrons. The van der Waals surface area contributed by atoms with Crippen LogP contribution in [0.15, 0.2) is 28.8 Å². The largest absolute Gasteiger partial charge is 0.339 e. The van der Waals surface area contributed by atoms with Crippen LogP contribution in [0.1, 0.15) is 50.3 Å². The zero-order valence-electron chi connectivity index (χ0n) is 13.4. The summed E-state index contributed by atoms with van der Waals surface area (Å²) in [5.74, 6) is 0.387. The van der Waals surface area contributed by atoms with Gasteiger partial charge in [-0.2, -0.15) is 4.98 Å². The van der Waals surface area contributed by atoms with Gasteiger partial charge in [0, 0.05) is 24.9 Å². The highest BCUT2D eigenvalue weighted by Crippen LogP contribution is 2.33. The summed E-state index contributed by atoms with van der Waals surface area (Å²) < 4.78 is 19.1. The number of nitrogens with zero attached hydrogens (tertiary/aromatic N) is 3. The molecule has 4 rings (SSSR count). The molecular weight excluding hydrogens is 309 g/mol. The summed E-state index contributed by atoms with van der Waals surface area (Å²) in [6.07, 6.45) is 6.24. The second-order valence-electron chi connectivity index (χ2n) is 6.68. The Morgan fingerprint density at radius 2 is 1.96 bits per heavy atom. The molecule has 24 heavy (non-hydrogen) atoms. The molecule has 1 aliphatic carbocycles. The molecule has 0 unspecified atom stereocenters. The van der Waals surface area contributed by atoms with Crippen molar-refractivity contribution in [2.75, 3.05) is 6.54 Å². The van der Waals surface area contributed by atoms with Gasteiger partial charge in [0.1, 0.15) is 5.82 Å². The van der Waals surface area contributed by atoms with Crippen LogP contribution in [-0.4, -0.2) is 33.5 Å². The maximum Gasteiger partial charge on any atom is 0.260 e. The number of amides is 1. The van der Waals surface area contributed by atoms with Gasteiger partial charge in [-0.1, -0.05) is 36.6 Å². The summed E-state index contributed by atoms with van der Waals surface area (Å²) in [5.41, 5.74) is 0.296. The fourth-order valence-electron chi connectivity index (χ4n) is 3.79. The Morgan fingerprint density at radius 1 is 1.17 bits per heavy atom. The van der Waals surface area contributed by atoms with Crippen LogP contribution in [0.5, 0.6) is 0 Å². The molecular formula is C18H20FN3O2. The van der Waals surface area contributed by atoms with Crippen molar-refractivity contribution >= 4 is 5.91 Å². The number of rotatable bonds is 3. The van der Waals surface area contributed by atoms with Gasteiger partial charge in [0.15, 0.2) is 5.82 Å². The SMILES string of the molecule is O=C1C[C@@H](c2noc(-c3ccccc3F)n2)CN1C1CCCCC1. The molecule has 6 heteroatoms. The van der Waals surface area contributed by atoms with E-state index < -0.39 is 0 Å². The lowest BCUT2D eigenvalue weighted by atomic mass is 9.94. The average molecular weight is 329 g/mol. The Hall–Kier alpha value is -2.24. The van der Waals surface area contributed by atoms with Gasteiger partial charge in [0.2, 0.25) is 5.91 Å². The first-order valence-corrected chi connectivity index (χ1v) is 8.60. The van der Waals surface area contributed by atoms with Crippen molar-refractivity contribution in [1.29, 1.82) is 0 Å². The van der Waals surface area contributed by atoms with Crippen molar-refractivity contribution in [3.05, 3.63) is 35.9 Å². The quantitative estimate of drug-likeness (QED) is 0.864. The lowest BCUT2D eigenvalue weighted by molar-refractivity contribution is -0.130. The molecule has 1 saturated carbocycles. The molecule has 2 aliphatic rings. The predicted octanol–water partition coefficient (Wildman–Crippen LogP) is 3.52. The minimum absolute atomic E-state index is 0.0660. The van der Waals surface area contributed by atoms with Crippen molar-refractivity contribution in [1.82, 2.24) is 15.0 Å². The molecule has 1 atom stereocenters. The van der Waals surface area contributed by atoms with Gasteiger partial charge in [-0.15, -0.1) is 0 Å². The summed E-state index contributed by atoms with van der Waals surface area (Å²) in [5, 5.41) is 4.00. The average Bonchev–Trinajstić information content (AvgIpc) is 3.23. The Labute approximate surface area is 139 Å². The minimum atomic E-state index is -0.390. The van der Waals surface area contributed by atoms with Crippen molar-refractivity contribution in [3.8, 4) is 11.5 Å². The van der Waals surface area contributed by atoms with Crippen LogP contribution in [0.3, 0.4) is 0 Å². The number of hydrogen-bond donors (Lipinski definition) is 0. The third-order valence-corrected chi connectivity index (χ3v) is 5.09. The lowest BCUT2D eigenvalue weighted by Crippen LogP contribution is -2.37. The summed E-state index contributed by atoms with van der Waals surface area (Å²) >= 11 is 0. The fraction of sp³-hybridized carbons (Fsp3) is 0.500. The van der Waals surface area contributed by atoms with E-state index in [1.807, 2.05) is 4.90 Å². The number of carbonyl (C=O) groups is 1. The van der Waals surface area contributed by atoms with E-state index in [1.165, 1.54) is 25.3 Å². The van der Waals surface area contributed by atoms with Gasteiger partial charge in [-0.05, 0) is 25.0 Å². The van der Waals surface area contributed by atoms with Crippen LogP contribution in [0.4, 0.5) is 4.39 Å². The maximum absolute atomic E-state index is 13.8. The van der Waals surface area contributed by atoms with Crippen LogP contribution < -0.4 is 0 Å². The van der Waals surface area contributed by atoms with Crippen LogP contribution in [0, 0.1) is 5.82 Å². The standard InChI is InChI=1S/C18H20FN3O2/c19-15-9-5-4-8-14(15)18-20-17(21-24-18)12-10-16(23)22(11-12)13-6-2-1-3-7-13/h4-5,8-9,12-13H,1-3,6-7,10-11H2/t12-/m1/s1. The first-order valence-electron chi connectivity index (χ1n) is 8.60. The van der Waals surface area contributed by atoms with E-state index in [0.717, 1.165) is 12.8 Å². The van der Waals surface area contributed by atoms with E-state index in [9.17, 15) is 9.18 Å². The number of benzene rings is 1. The van der Waals surface area contributed by atoms with E-state index in [1.54, 1.807) is 18.2 Å². The summed E-state index contributed by atoms with van der Waals surface area (Å²) in [4.78, 5) is 18.7. The third-order valence-electron chi connectivity index (χ3n) is 5.09. The molecule has 1 aromatic carbocycles. The third kappa shape index (κ3) is 2.81. The topological polar surface area (TPSA) is 59.2 Å².